The van der Waals surface area contributed by atoms with Gasteiger partial charge in [-0.3, -0.25) is 0 Å². The predicted octanol–water partition coefficient (Wildman–Crippen LogP) is 4.22. The Hall–Kier alpha value is -3.02. The normalized spacial score (nSPS) is 16.2. The second kappa shape index (κ2) is 7.92. The molecule has 1 aliphatic rings. The molecule has 0 saturated heterocycles. The molecule has 0 saturated carbocycles. The number of carbonyl (C=O) groups is 2. The standard InChI is InChI=1S/C22H26N2O4/c1-22(2,3)28-21(27)23-13-15-12-17-6-4-5-7-19(17)24(14-15)18-10-8-16(9-11-18)20(25)26/h4-11,15H,12-14H2,1-3H3,(H,23,27)(H,25,26). The van der Waals surface area contributed by atoms with Crippen LogP contribution >= 0.6 is 0 Å². The summed E-state index contributed by atoms with van der Waals surface area (Å²) >= 11 is 0. The summed E-state index contributed by atoms with van der Waals surface area (Å²) in [6.45, 7) is 6.75. The van der Waals surface area contributed by atoms with Gasteiger partial charge in [-0.25, -0.2) is 9.59 Å². The molecule has 6 nitrogen and oxygen atoms in total. The van der Waals surface area contributed by atoms with E-state index in [0.717, 1.165) is 24.3 Å². The average molecular weight is 382 g/mol. The summed E-state index contributed by atoms with van der Waals surface area (Å²) in [6, 6.07) is 15.0. The number of carbonyl (C=O) groups excluding carboxylic acids is 1. The van der Waals surface area contributed by atoms with E-state index in [4.69, 9.17) is 9.84 Å². The third-order valence-electron chi connectivity index (χ3n) is 4.59. The lowest BCUT2D eigenvalue weighted by molar-refractivity contribution is 0.0519. The van der Waals surface area contributed by atoms with Crippen molar-refractivity contribution in [3.05, 3.63) is 59.7 Å². The Kier molecular flexibility index (Phi) is 5.58. The maximum atomic E-state index is 12.0. The number of benzene rings is 2. The fraction of sp³-hybridized carbons (Fsp3) is 0.364. The van der Waals surface area contributed by atoms with Gasteiger partial charge in [-0.05, 0) is 69.0 Å². The summed E-state index contributed by atoms with van der Waals surface area (Å²) in [5.74, 6) is -0.730. The molecule has 1 aliphatic heterocycles. The zero-order chi connectivity index (χ0) is 20.3. The van der Waals surface area contributed by atoms with Crippen molar-refractivity contribution in [3.8, 4) is 0 Å². The van der Waals surface area contributed by atoms with Crippen molar-refractivity contribution in [3.63, 3.8) is 0 Å². The van der Waals surface area contributed by atoms with Gasteiger partial charge < -0.3 is 20.1 Å². The van der Waals surface area contributed by atoms with Crippen LogP contribution < -0.4 is 10.2 Å². The van der Waals surface area contributed by atoms with Crippen LogP contribution in [0, 0.1) is 5.92 Å². The van der Waals surface area contributed by atoms with Crippen LogP contribution in [-0.4, -0.2) is 35.9 Å². The number of carboxylic acid groups (broad SMARTS) is 1. The summed E-state index contributed by atoms with van der Waals surface area (Å²) < 4.78 is 5.33. The average Bonchev–Trinajstić information content (AvgIpc) is 2.64. The van der Waals surface area contributed by atoms with Crippen molar-refractivity contribution in [2.45, 2.75) is 32.8 Å². The maximum Gasteiger partial charge on any atom is 0.407 e. The van der Waals surface area contributed by atoms with Gasteiger partial charge in [0.2, 0.25) is 0 Å². The van der Waals surface area contributed by atoms with Crippen molar-refractivity contribution in [1.82, 2.24) is 5.32 Å². The Morgan fingerprint density at radius 2 is 1.82 bits per heavy atom. The van der Waals surface area contributed by atoms with E-state index in [1.807, 2.05) is 45.0 Å². The Bertz CT molecular complexity index is 856. The molecule has 28 heavy (non-hydrogen) atoms. The van der Waals surface area contributed by atoms with Crippen LogP contribution in [0.4, 0.5) is 16.2 Å². The molecular formula is C22H26N2O4. The molecule has 1 amide bonds. The van der Waals surface area contributed by atoms with Crippen LogP contribution in [0.5, 0.6) is 0 Å². The molecule has 0 fully saturated rings. The van der Waals surface area contributed by atoms with Crippen LogP contribution in [0.25, 0.3) is 0 Å². The molecule has 2 aromatic carbocycles. The number of hydrogen-bond acceptors (Lipinski definition) is 4. The number of nitrogens with one attached hydrogen (secondary N) is 1. The van der Waals surface area contributed by atoms with Gasteiger partial charge in [0.15, 0.2) is 0 Å². The highest BCUT2D eigenvalue weighted by molar-refractivity contribution is 5.88. The van der Waals surface area contributed by atoms with E-state index in [0.29, 0.717) is 6.54 Å². The van der Waals surface area contributed by atoms with Gasteiger partial charge in [-0.15, -0.1) is 0 Å². The van der Waals surface area contributed by atoms with Gasteiger partial charge in [0.05, 0.1) is 5.56 Å². The van der Waals surface area contributed by atoms with E-state index < -0.39 is 17.7 Å². The maximum absolute atomic E-state index is 12.0. The lowest BCUT2D eigenvalue weighted by Crippen LogP contribution is -2.41. The smallest absolute Gasteiger partial charge is 0.407 e. The minimum absolute atomic E-state index is 0.210. The highest BCUT2D eigenvalue weighted by atomic mass is 16.6. The second-order valence-electron chi connectivity index (χ2n) is 8.04. The van der Waals surface area contributed by atoms with Gasteiger partial charge in [0, 0.05) is 24.5 Å². The summed E-state index contributed by atoms with van der Waals surface area (Å²) in [5.41, 5.74) is 2.98. The number of fused-ring (bicyclic) bond motifs is 1. The number of nitrogens with zero attached hydrogens (tertiary/aromatic N) is 1. The van der Waals surface area contributed by atoms with Gasteiger partial charge in [0.25, 0.3) is 0 Å². The first kappa shape index (κ1) is 19.7. The molecule has 0 aromatic heterocycles. The largest absolute Gasteiger partial charge is 0.478 e. The highest BCUT2D eigenvalue weighted by Gasteiger charge is 2.26. The van der Waals surface area contributed by atoms with Crippen LogP contribution in [0.15, 0.2) is 48.5 Å². The van der Waals surface area contributed by atoms with Crippen molar-refractivity contribution in [2.24, 2.45) is 5.92 Å². The first-order valence-corrected chi connectivity index (χ1v) is 9.38. The Balaban J connectivity index is 1.76. The van der Waals surface area contributed by atoms with Crippen molar-refractivity contribution in [2.75, 3.05) is 18.0 Å². The number of para-hydroxylation sites is 1. The minimum Gasteiger partial charge on any atom is -0.478 e. The van der Waals surface area contributed by atoms with Crippen molar-refractivity contribution >= 4 is 23.4 Å². The molecule has 0 bridgehead atoms. The topological polar surface area (TPSA) is 78.9 Å². The zero-order valence-corrected chi connectivity index (χ0v) is 16.4. The van der Waals surface area contributed by atoms with E-state index in [2.05, 4.69) is 22.3 Å². The number of hydrogen-bond donors (Lipinski definition) is 2. The minimum atomic E-state index is -0.940. The van der Waals surface area contributed by atoms with Crippen molar-refractivity contribution in [1.29, 1.82) is 0 Å². The Morgan fingerprint density at radius 1 is 1.14 bits per heavy atom. The van der Waals surface area contributed by atoms with Crippen LogP contribution in [0.1, 0.15) is 36.7 Å². The number of rotatable bonds is 4. The lowest BCUT2D eigenvalue weighted by Gasteiger charge is -2.36. The third kappa shape index (κ3) is 4.82. The number of carboxylic acids is 1. The first-order chi connectivity index (χ1) is 13.2. The third-order valence-corrected chi connectivity index (χ3v) is 4.59. The number of anilines is 2. The molecule has 1 unspecified atom stereocenters. The molecule has 2 N–H and O–H groups in total. The fourth-order valence-corrected chi connectivity index (χ4v) is 3.39. The summed E-state index contributed by atoms with van der Waals surface area (Å²) in [5, 5.41) is 12.0. The molecule has 1 heterocycles. The molecule has 148 valence electrons. The predicted molar refractivity (Wildman–Crippen MR) is 108 cm³/mol. The molecule has 1 atom stereocenters. The zero-order valence-electron chi connectivity index (χ0n) is 16.4. The lowest BCUT2D eigenvalue weighted by atomic mass is 9.92. The SMILES string of the molecule is CC(C)(C)OC(=O)NCC1Cc2ccccc2N(c2ccc(C(=O)O)cc2)C1. The Labute approximate surface area is 165 Å². The molecule has 6 heteroatoms. The van der Waals surface area contributed by atoms with Gasteiger partial charge in [-0.1, -0.05) is 18.2 Å². The quantitative estimate of drug-likeness (QED) is 0.828. The molecule has 2 aromatic rings. The Morgan fingerprint density at radius 3 is 2.46 bits per heavy atom. The highest BCUT2D eigenvalue weighted by Crippen LogP contribution is 2.35. The molecule has 0 aliphatic carbocycles. The number of aromatic carboxylic acids is 1. The summed E-state index contributed by atoms with van der Waals surface area (Å²) in [4.78, 5) is 25.3. The van der Waals surface area contributed by atoms with Gasteiger partial charge in [-0.2, -0.15) is 0 Å². The number of amides is 1. The summed E-state index contributed by atoms with van der Waals surface area (Å²) in [6.07, 6.45) is 0.444. The number of ether oxygens (including phenoxy) is 1. The van der Waals surface area contributed by atoms with Crippen LogP contribution in [0.2, 0.25) is 0 Å². The monoisotopic (exact) mass is 382 g/mol. The molecule has 0 spiro atoms. The van der Waals surface area contributed by atoms with Crippen LogP contribution in [0.3, 0.4) is 0 Å². The van der Waals surface area contributed by atoms with E-state index in [-0.39, 0.29) is 11.5 Å². The first-order valence-electron chi connectivity index (χ1n) is 9.38. The van der Waals surface area contributed by atoms with E-state index in [1.54, 1.807) is 12.1 Å². The fourth-order valence-electron chi connectivity index (χ4n) is 3.39. The van der Waals surface area contributed by atoms with E-state index in [1.165, 1.54) is 5.56 Å². The number of alkyl carbamates (subject to hydrolysis) is 1. The van der Waals surface area contributed by atoms with Crippen molar-refractivity contribution < 1.29 is 19.4 Å². The second-order valence-corrected chi connectivity index (χ2v) is 8.04. The van der Waals surface area contributed by atoms with Crippen LogP contribution in [-0.2, 0) is 11.2 Å². The van der Waals surface area contributed by atoms with Gasteiger partial charge >= 0.3 is 12.1 Å². The van der Waals surface area contributed by atoms with Gasteiger partial charge in [0.1, 0.15) is 5.60 Å². The molecule has 3 rings (SSSR count). The molecule has 0 radical (unpaired) electrons. The van der Waals surface area contributed by atoms with E-state index in [9.17, 15) is 9.59 Å². The summed E-state index contributed by atoms with van der Waals surface area (Å²) in [7, 11) is 0. The van der Waals surface area contributed by atoms with E-state index >= 15 is 0 Å². The molecular weight excluding hydrogens is 356 g/mol.